The molecule has 1 aliphatic rings. The van der Waals surface area contributed by atoms with Crippen LogP contribution >= 0.6 is 0 Å². The fourth-order valence-electron chi connectivity index (χ4n) is 1.66. The van der Waals surface area contributed by atoms with Gasteiger partial charge in [0.15, 0.2) is 0 Å². The maximum Gasteiger partial charge on any atom is 0.218 e. The Morgan fingerprint density at radius 3 is 2.31 bits per heavy atom. The molecule has 0 amide bonds. The van der Waals surface area contributed by atoms with E-state index in [0.29, 0.717) is 0 Å². The van der Waals surface area contributed by atoms with Gasteiger partial charge in [-0.05, 0) is 25.3 Å². The molecule has 0 unspecified atom stereocenters. The molecular formula is C12H17NO2S. The predicted molar refractivity (Wildman–Crippen MR) is 64.6 cm³/mol. The standard InChI is InChI=1S/C12H17NO2S/c1-10-3-5-11(6-4-10)9-16(14,15)13(2)12-7-8-12/h3-6,12H,7-9H2,1-2H3. The van der Waals surface area contributed by atoms with Crippen molar-refractivity contribution in [3.8, 4) is 0 Å². The molecule has 0 heterocycles. The summed E-state index contributed by atoms with van der Waals surface area (Å²) in [5.74, 6) is 0.111. The minimum atomic E-state index is -3.13. The van der Waals surface area contributed by atoms with Gasteiger partial charge in [0.2, 0.25) is 10.0 Å². The van der Waals surface area contributed by atoms with Crippen LogP contribution in [-0.4, -0.2) is 25.8 Å². The summed E-state index contributed by atoms with van der Waals surface area (Å²) in [6.07, 6.45) is 2.01. The summed E-state index contributed by atoms with van der Waals surface area (Å²) in [5.41, 5.74) is 2.01. The molecule has 1 aromatic carbocycles. The lowest BCUT2D eigenvalue weighted by atomic mass is 10.2. The van der Waals surface area contributed by atoms with Crippen LogP contribution in [0.5, 0.6) is 0 Å². The smallest absolute Gasteiger partial charge is 0.212 e. The maximum atomic E-state index is 12.0. The van der Waals surface area contributed by atoms with E-state index in [9.17, 15) is 8.42 Å². The number of aryl methyl sites for hydroxylation is 1. The molecule has 4 heteroatoms. The zero-order valence-corrected chi connectivity index (χ0v) is 10.5. The van der Waals surface area contributed by atoms with E-state index >= 15 is 0 Å². The molecule has 0 bridgehead atoms. The van der Waals surface area contributed by atoms with Gasteiger partial charge in [0.05, 0.1) is 5.75 Å². The topological polar surface area (TPSA) is 37.4 Å². The first-order chi connectivity index (χ1) is 7.49. The van der Waals surface area contributed by atoms with E-state index in [1.807, 2.05) is 31.2 Å². The van der Waals surface area contributed by atoms with Crippen LogP contribution in [0.4, 0.5) is 0 Å². The van der Waals surface area contributed by atoms with Crippen molar-refractivity contribution in [2.45, 2.75) is 31.6 Å². The summed E-state index contributed by atoms with van der Waals surface area (Å²) < 4.78 is 25.5. The quantitative estimate of drug-likeness (QED) is 0.805. The van der Waals surface area contributed by atoms with E-state index in [4.69, 9.17) is 0 Å². The molecule has 2 rings (SSSR count). The number of sulfonamides is 1. The Kier molecular flexibility index (Phi) is 3.04. The lowest BCUT2D eigenvalue weighted by Gasteiger charge is -2.16. The molecule has 0 atom stereocenters. The third-order valence-electron chi connectivity index (χ3n) is 2.97. The van der Waals surface area contributed by atoms with E-state index in [-0.39, 0.29) is 11.8 Å². The van der Waals surface area contributed by atoms with E-state index in [1.54, 1.807) is 7.05 Å². The summed E-state index contributed by atoms with van der Waals surface area (Å²) >= 11 is 0. The molecule has 0 aromatic heterocycles. The molecule has 88 valence electrons. The largest absolute Gasteiger partial charge is 0.218 e. The van der Waals surface area contributed by atoms with Gasteiger partial charge < -0.3 is 0 Å². The summed E-state index contributed by atoms with van der Waals surface area (Å²) in [4.78, 5) is 0. The molecule has 0 spiro atoms. The van der Waals surface area contributed by atoms with E-state index in [1.165, 1.54) is 4.31 Å². The van der Waals surface area contributed by atoms with E-state index in [0.717, 1.165) is 24.0 Å². The van der Waals surface area contributed by atoms with E-state index < -0.39 is 10.0 Å². The van der Waals surface area contributed by atoms with Crippen LogP contribution in [0.2, 0.25) is 0 Å². The molecule has 1 saturated carbocycles. The first-order valence-electron chi connectivity index (χ1n) is 5.50. The Hall–Kier alpha value is -0.870. The fourth-order valence-corrected chi connectivity index (χ4v) is 3.14. The van der Waals surface area contributed by atoms with Gasteiger partial charge in [-0.15, -0.1) is 0 Å². The molecular weight excluding hydrogens is 222 g/mol. The minimum absolute atomic E-state index is 0.111. The van der Waals surface area contributed by atoms with Crippen LogP contribution in [0, 0.1) is 6.92 Å². The first kappa shape index (κ1) is 11.6. The van der Waals surface area contributed by atoms with Crippen LogP contribution in [0.1, 0.15) is 24.0 Å². The normalized spacial score (nSPS) is 16.7. The second-order valence-corrected chi connectivity index (χ2v) is 6.52. The van der Waals surface area contributed by atoms with Gasteiger partial charge in [0, 0.05) is 13.1 Å². The molecule has 0 N–H and O–H groups in total. The highest BCUT2D eigenvalue weighted by Crippen LogP contribution is 2.28. The summed E-state index contributed by atoms with van der Waals surface area (Å²) in [5, 5.41) is 0. The number of benzene rings is 1. The van der Waals surface area contributed by atoms with Crippen LogP contribution in [0.15, 0.2) is 24.3 Å². The van der Waals surface area contributed by atoms with Crippen molar-refractivity contribution in [3.63, 3.8) is 0 Å². The molecule has 0 aliphatic heterocycles. The molecule has 0 saturated heterocycles. The van der Waals surface area contributed by atoms with Gasteiger partial charge in [-0.2, -0.15) is 0 Å². The van der Waals surface area contributed by atoms with Crippen molar-refractivity contribution in [3.05, 3.63) is 35.4 Å². The van der Waals surface area contributed by atoms with Gasteiger partial charge in [-0.25, -0.2) is 12.7 Å². The molecule has 0 radical (unpaired) electrons. The van der Waals surface area contributed by atoms with Gasteiger partial charge in [-0.3, -0.25) is 0 Å². The van der Waals surface area contributed by atoms with Crippen molar-refractivity contribution >= 4 is 10.0 Å². The van der Waals surface area contributed by atoms with Crippen molar-refractivity contribution in [1.82, 2.24) is 4.31 Å². The van der Waals surface area contributed by atoms with Gasteiger partial charge in [-0.1, -0.05) is 29.8 Å². The Morgan fingerprint density at radius 2 is 1.81 bits per heavy atom. The predicted octanol–water partition coefficient (Wildman–Crippen LogP) is 1.92. The third kappa shape index (κ3) is 2.62. The minimum Gasteiger partial charge on any atom is -0.212 e. The van der Waals surface area contributed by atoms with Crippen LogP contribution in [0.3, 0.4) is 0 Å². The van der Waals surface area contributed by atoms with Crippen LogP contribution in [0.25, 0.3) is 0 Å². The number of hydrogen-bond donors (Lipinski definition) is 0. The SMILES string of the molecule is Cc1ccc(CS(=O)(=O)N(C)C2CC2)cc1. The van der Waals surface area contributed by atoms with Gasteiger partial charge >= 0.3 is 0 Å². The Bertz CT molecular complexity index is 460. The van der Waals surface area contributed by atoms with E-state index in [2.05, 4.69) is 0 Å². The Labute approximate surface area is 97.1 Å². The monoisotopic (exact) mass is 239 g/mol. The van der Waals surface area contributed by atoms with Crippen molar-refractivity contribution in [2.75, 3.05) is 7.05 Å². The first-order valence-corrected chi connectivity index (χ1v) is 7.11. The second-order valence-electron chi connectivity index (χ2n) is 4.49. The number of rotatable bonds is 4. The molecule has 1 aromatic rings. The zero-order valence-electron chi connectivity index (χ0n) is 9.68. The summed E-state index contributed by atoms with van der Waals surface area (Å²) in [7, 11) is -1.45. The third-order valence-corrected chi connectivity index (χ3v) is 4.84. The van der Waals surface area contributed by atoms with Gasteiger partial charge in [0.1, 0.15) is 0 Å². The lowest BCUT2D eigenvalue weighted by Crippen LogP contribution is -2.30. The Balaban J connectivity index is 2.11. The molecule has 16 heavy (non-hydrogen) atoms. The average molecular weight is 239 g/mol. The zero-order chi connectivity index (χ0) is 11.8. The molecule has 1 aliphatic carbocycles. The highest BCUT2D eigenvalue weighted by molar-refractivity contribution is 7.88. The lowest BCUT2D eigenvalue weighted by molar-refractivity contribution is 0.463. The molecule has 1 fully saturated rings. The highest BCUT2D eigenvalue weighted by Gasteiger charge is 2.33. The summed E-state index contributed by atoms with van der Waals surface area (Å²) in [6.45, 7) is 1.99. The average Bonchev–Trinajstić information content (AvgIpc) is 3.03. The highest BCUT2D eigenvalue weighted by atomic mass is 32.2. The number of nitrogens with zero attached hydrogens (tertiary/aromatic N) is 1. The maximum absolute atomic E-state index is 12.0. The fraction of sp³-hybridized carbons (Fsp3) is 0.500. The Morgan fingerprint density at radius 1 is 1.25 bits per heavy atom. The number of hydrogen-bond acceptors (Lipinski definition) is 2. The van der Waals surface area contributed by atoms with Gasteiger partial charge in [0.25, 0.3) is 0 Å². The van der Waals surface area contributed by atoms with Crippen molar-refractivity contribution in [1.29, 1.82) is 0 Å². The van der Waals surface area contributed by atoms with Crippen molar-refractivity contribution in [2.24, 2.45) is 0 Å². The van der Waals surface area contributed by atoms with Crippen LogP contribution < -0.4 is 0 Å². The summed E-state index contributed by atoms with van der Waals surface area (Å²) in [6, 6.07) is 7.90. The van der Waals surface area contributed by atoms with Crippen molar-refractivity contribution < 1.29 is 8.42 Å². The molecule has 3 nitrogen and oxygen atoms in total. The second kappa shape index (κ2) is 4.18. The van der Waals surface area contributed by atoms with Crippen LogP contribution in [-0.2, 0) is 15.8 Å².